The maximum absolute atomic E-state index is 6.08. The van der Waals surface area contributed by atoms with Crippen LogP contribution in [0.5, 0.6) is 0 Å². The second-order valence-corrected chi connectivity index (χ2v) is 5.28. The van der Waals surface area contributed by atoms with Gasteiger partial charge in [0.05, 0.1) is 5.69 Å². The van der Waals surface area contributed by atoms with Gasteiger partial charge in [-0.15, -0.1) is 0 Å². The number of benzene rings is 2. The monoisotopic (exact) mass is 310 g/mol. The summed E-state index contributed by atoms with van der Waals surface area (Å²) in [5.41, 5.74) is 15.1. The van der Waals surface area contributed by atoms with Gasteiger partial charge in [-0.05, 0) is 12.1 Å². The van der Waals surface area contributed by atoms with Crippen LogP contribution in [0.3, 0.4) is 0 Å². The van der Waals surface area contributed by atoms with Crippen LogP contribution >= 0.6 is 11.6 Å². The lowest BCUT2D eigenvalue weighted by atomic mass is 10.1. The predicted molar refractivity (Wildman–Crippen MR) is 90.2 cm³/mol. The van der Waals surface area contributed by atoms with Crippen molar-refractivity contribution in [1.29, 1.82) is 0 Å². The first-order chi connectivity index (χ1) is 10.7. The van der Waals surface area contributed by atoms with E-state index in [9.17, 15) is 0 Å². The van der Waals surface area contributed by atoms with Crippen molar-refractivity contribution in [3.05, 3.63) is 65.2 Å². The van der Waals surface area contributed by atoms with Crippen LogP contribution in [0.4, 0.5) is 5.82 Å². The third-order valence-corrected chi connectivity index (χ3v) is 3.61. The molecule has 22 heavy (non-hydrogen) atoms. The first-order valence-corrected chi connectivity index (χ1v) is 7.24. The van der Waals surface area contributed by atoms with E-state index in [-0.39, 0.29) is 6.54 Å². The molecule has 0 fully saturated rings. The molecule has 0 aliphatic heterocycles. The van der Waals surface area contributed by atoms with Crippen molar-refractivity contribution in [2.24, 2.45) is 5.73 Å². The third kappa shape index (κ3) is 2.79. The van der Waals surface area contributed by atoms with Crippen molar-refractivity contribution in [2.45, 2.75) is 6.54 Å². The normalized spacial score (nSPS) is 10.6. The van der Waals surface area contributed by atoms with Gasteiger partial charge in [-0.2, -0.15) is 0 Å². The molecular formula is C17H15ClN4. The van der Waals surface area contributed by atoms with Crippen molar-refractivity contribution in [3.8, 4) is 22.6 Å². The Balaban J connectivity index is 2.22. The van der Waals surface area contributed by atoms with Gasteiger partial charge < -0.3 is 11.5 Å². The fraction of sp³-hybridized carbons (Fsp3) is 0.0588. The van der Waals surface area contributed by atoms with E-state index >= 15 is 0 Å². The molecule has 0 unspecified atom stereocenters. The molecule has 2 aromatic carbocycles. The van der Waals surface area contributed by atoms with Crippen LogP contribution in [0.1, 0.15) is 5.56 Å². The topological polar surface area (TPSA) is 77.8 Å². The van der Waals surface area contributed by atoms with Gasteiger partial charge in [-0.3, -0.25) is 0 Å². The minimum absolute atomic E-state index is 0.267. The highest BCUT2D eigenvalue weighted by molar-refractivity contribution is 6.30. The van der Waals surface area contributed by atoms with Crippen LogP contribution < -0.4 is 11.5 Å². The molecule has 0 aliphatic rings. The minimum atomic E-state index is 0.267. The average Bonchev–Trinajstić information content (AvgIpc) is 2.55. The molecule has 1 aromatic heterocycles. The number of nitrogens with zero attached hydrogens (tertiary/aromatic N) is 2. The zero-order valence-corrected chi connectivity index (χ0v) is 12.6. The summed E-state index contributed by atoms with van der Waals surface area (Å²) in [7, 11) is 0. The van der Waals surface area contributed by atoms with Crippen LogP contribution in [0.25, 0.3) is 22.6 Å². The molecule has 110 valence electrons. The Morgan fingerprint density at radius 2 is 1.64 bits per heavy atom. The lowest BCUT2D eigenvalue weighted by Crippen LogP contribution is -2.09. The molecular weight excluding hydrogens is 296 g/mol. The third-order valence-electron chi connectivity index (χ3n) is 3.37. The van der Waals surface area contributed by atoms with E-state index < -0.39 is 0 Å². The second-order valence-electron chi connectivity index (χ2n) is 4.84. The van der Waals surface area contributed by atoms with Gasteiger partial charge in [0.15, 0.2) is 5.82 Å². The van der Waals surface area contributed by atoms with Crippen LogP contribution in [0.2, 0.25) is 5.02 Å². The molecule has 5 heteroatoms. The van der Waals surface area contributed by atoms with Crippen LogP contribution in [-0.4, -0.2) is 9.97 Å². The predicted octanol–water partition coefficient (Wildman–Crippen LogP) is 3.50. The van der Waals surface area contributed by atoms with E-state index in [0.29, 0.717) is 16.7 Å². The van der Waals surface area contributed by atoms with Gasteiger partial charge in [0.2, 0.25) is 0 Å². The van der Waals surface area contributed by atoms with Crippen molar-refractivity contribution in [1.82, 2.24) is 9.97 Å². The smallest absolute Gasteiger partial charge is 0.162 e. The van der Waals surface area contributed by atoms with Gasteiger partial charge in [0.25, 0.3) is 0 Å². The summed E-state index contributed by atoms with van der Waals surface area (Å²) in [4.78, 5) is 9.03. The van der Waals surface area contributed by atoms with Gasteiger partial charge in [-0.1, -0.05) is 54.1 Å². The number of nitrogen functional groups attached to an aromatic ring is 1. The van der Waals surface area contributed by atoms with E-state index in [1.54, 1.807) is 0 Å². The molecule has 0 amide bonds. The minimum Gasteiger partial charge on any atom is -0.383 e. The summed E-state index contributed by atoms with van der Waals surface area (Å²) in [6, 6.07) is 17.2. The Labute approximate surface area is 133 Å². The summed E-state index contributed by atoms with van der Waals surface area (Å²) in [5, 5.41) is 0.638. The molecule has 1 heterocycles. The molecule has 0 spiro atoms. The average molecular weight is 311 g/mol. The number of anilines is 1. The van der Waals surface area contributed by atoms with E-state index in [1.165, 1.54) is 0 Å². The number of hydrogen-bond donors (Lipinski definition) is 2. The highest BCUT2D eigenvalue weighted by Crippen LogP contribution is 2.29. The quantitative estimate of drug-likeness (QED) is 0.776. The number of nitrogens with two attached hydrogens (primary N) is 2. The van der Waals surface area contributed by atoms with Gasteiger partial charge in [0, 0.05) is 28.3 Å². The van der Waals surface area contributed by atoms with Crippen molar-refractivity contribution >= 4 is 17.4 Å². The SMILES string of the molecule is NCc1c(N)nc(-c2ccccc2)nc1-c1cccc(Cl)c1. The summed E-state index contributed by atoms with van der Waals surface area (Å²) in [6.07, 6.45) is 0. The maximum Gasteiger partial charge on any atom is 0.162 e. The van der Waals surface area contributed by atoms with Gasteiger partial charge in [-0.25, -0.2) is 9.97 Å². The Morgan fingerprint density at radius 1 is 0.909 bits per heavy atom. The molecule has 0 saturated heterocycles. The first kappa shape index (κ1) is 14.5. The van der Waals surface area contributed by atoms with Gasteiger partial charge >= 0.3 is 0 Å². The van der Waals surface area contributed by atoms with E-state index in [2.05, 4.69) is 9.97 Å². The summed E-state index contributed by atoms with van der Waals surface area (Å²) in [5.74, 6) is 0.969. The Bertz CT molecular complexity index is 803. The number of rotatable bonds is 3. The number of hydrogen-bond acceptors (Lipinski definition) is 4. The molecule has 0 aliphatic carbocycles. The zero-order valence-electron chi connectivity index (χ0n) is 11.8. The summed E-state index contributed by atoms with van der Waals surface area (Å²) < 4.78 is 0. The van der Waals surface area contributed by atoms with Crippen molar-refractivity contribution in [2.75, 3.05) is 5.73 Å². The fourth-order valence-corrected chi connectivity index (χ4v) is 2.48. The van der Waals surface area contributed by atoms with Crippen LogP contribution in [0.15, 0.2) is 54.6 Å². The maximum atomic E-state index is 6.08. The standard InChI is InChI=1S/C17H15ClN4/c18-13-8-4-7-12(9-13)15-14(10-19)16(20)22-17(21-15)11-5-2-1-3-6-11/h1-9H,10,19H2,(H2,20,21,22). The van der Waals surface area contributed by atoms with Crippen molar-refractivity contribution in [3.63, 3.8) is 0 Å². The lowest BCUT2D eigenvalue weighted by molar-refractivity contribution is 1.03. The second kappa shape index (κ2) is 6.13. The molecule has 0 radical (unpaired) electrons. The molecule has 0 atom stereocenters. The Morgan fingerprint density at radius 3 is 2.32 bits per heavy atom. The fourth-order valence-electron chi connectivity index (χ4n) is 2.29. The number of halogens is 1. The van der Waals surface area contributed by atoms with Crippen LogP contribution in [-0.2, 0) is 6.54 Å². The van der Waals surface area contributed by atoms with E-state index in [0.717, 1.165) is 22.4 Å². The molecule has 3 aromatic rings. The highest BCUT2D eigenvalue weighted by Gasteiger charge is 2.14. The van der Waals surface area contributed by atoms with Crippen LogP contribution in [0, 0.1) is 0 Å². The van der Waals surface area contributed by atoms with Gasteiger partial charge in [0.1, 0.15) is 5.82 Å². The highest BCUT2D eigenvalue weighted by atomic mass is 35.5. The molecule has 0 bridgehead atoms. The number of aromatic nitrogens is 2. The molecule has 4 N–H and O–H groups in total. The Hall–Kier alpha value is -2.43. The largest absolute Gasteiger partial charge is 0.383 e. The zero-order chi connectivity index (χ0) is 15.5. The molecule has 4 nitrogen and oxygen atoms in total. The van der Waals surface area contributed by atoms with Crippen molar-refractivity contribution < 1.29 is 0 Å². The Kier molecular flexibility index (Phi) is 4.04. The first-order valence-electron chi connectivity index (χ1n) is 6.87. The molecule has 3 rings (SSSR count). The van der Waals surface area contributed by atoms with E-state index in [4.69, 9.17) is 23.1 Å². The summed E-state index contributed by atoms with van der Waals surface area (Å²) in [6.45, 7) is 0.267. The van der Waals surface area contributed by atoms with E-state index in [1.807, 2.05) is 54.6 Å². The summed E-state index contributed by atoms with van der Waals surface area (Å²) >= 11 is 6.08. The lowest BCUT2D eigenvalue weighted by Gasteiger charge is -2.12. The molecule has 0 saturated carbocycles.